The van der Waals surface area contributed by atoms with Crippen molar-refractivity contribution < 1.29 is 19.2 Å². The SMILES string of the molecule is CC(C)c1onc(-c2c(Cl)cccc2Cl)c1COc1ccc(-c2nc3ccc(C(=O)O)cc3n2C2CCC2)cc1. The smallest absolute Gasteiger partial charge is 0.335 e. The summed E-state index contributed by atoms with van der Waals surface area (Å²) >= 11 is 13.0. The number of aromatic carboxylic acids is 1. The maximum Gasteiger partial charge on any atom is 0.335 e. The van der Waals surface area contributed by atoms with E-state index >= 15 is 0 Å². The van der Waals surface area contributed by atoms with Crippen molar-refractivity contribution in [1.29, 1.82) is 0 Å². The summed E-state index contributed by atoms with van der Waals surface area (Å²) in [5.41, 5.74) is 4.82. The summed E-state index contributed by atoms with van der Waals surface area (Å²) in [5.74, 6) is 1.36. The van der Waals surface area contributed by atoms with Crippen molar-refractivity contribution in [3.05, 3.63) is 87.6 Å². The lowest BCUT2D eigenvalue weighted by molar-refractivity contribution is 0.0697. The number of aromatic nitrogens is 3. The first kappa shape index (κ1) is 26.4. The number of imidazole rings is 1. The van der Waals surface area contributed by atoms with Gasteiger partial charge in [0.25, 0.3) is 0 Å². The zero-order valence-electron chi connectivity index (χ0n) is 22.0. The van der Waals surface area contributed by atoms with Crippen LogP contribution < -0.4 is 4.74 Å². The predicted octanol–water partition coefficient (Wildman–Crippen LogP) is 8.79. The van der Waals surface area contributed by atoms with E-state index < -0.39 is 5.97 Å². The Morgan fingerprint density at radius 3 is 2.45 bits per heavy atom. The highest BCUT2D eigenvalue weighted by molar-refractivity contribution is 6.39. The Labute approximate surface area is 241 Å². The number of ether oxygens (including phenoxy) is 1. The van der Waals surface area contributed by atoms with E-state index in [1.165, 1.54) is 0 Å². The van der Waals surface area contributed by atoms with E-state index in [1.54, 1.807) is 36.4 Å². The minimum atomic E-state index is -0.945. The van der Waals surface area contributed by atoms with Crippen LogP contribution in [0.4, 0.5) is 0 Å². The van der Waals surface area contributed by atoms with Gasteiger partial charge < -0.3 is 18.9 Å². The van der Waals surface area contributed by atoms with Crippen molar-refractivity contribution in [2.75, 3.05) is 0 Å². The molecule has 1 aliphatic rings. The molecule has 0 aliphatic heterocycles. The quantitative estimate of drug-likeness (QED) is 0.199. The van der Waals surface area contributed by atoms with Gasteiger partial charge in [-0.15, -0.1) is 0 Å². The first-order valence-electron chi connectivity index (χ1n) is 13.2. The molecule has 1 N–H and O–H groups in total. The summed E-state index contributed by atoms with van der Waals surface area (Å²) in [4.78, 5) is 16.5. The number of carbonyl (C=O) groups is 1. The molecule has 0 amide bonds. The second-order valence-corrected chi connectivity index (χ2v) is 11.2. The summed E-state index contributed by atoms with van der Waals surface area (Å²) in [6.45, 7) is 4.29. The van der Waals surface area contributed by atoms with Crippen LogP contribution in [-0.4, -0.2) is 25.8 Å². The van der Waals surface area contributed by atoms with Crippen LogP contribution in [0.2, 0.25) is 10.0 Å². The van der Waals surface area contributed by atoms with Crippen molar-refractivity contribution in [1.82, 2.24) is 14.7 Å². The summed E-state index contributed by atoms with van der Waals surface area (Å²) in [6.07, 6.45) is 3.25. The van der Waals surface area contributed by atoms with Crippen LogP contribution in [0.25, 0.3) is 33.7 Å². The van der Waals surface area contributed by atoms with Crippen LogP contribution in [0, 0.1) is 0 Å². The lowest BCUT2D eigenvalue weighted by Gasteiger charge is -2.29. The van der Waals surface area contributed by atoms with Crippen LogP contribution in [-0.2, 0) is 6.61 Å². The van der Waals surface area contributed by atoms with E-state index in [-0.39, 0.29) is 18.1 Å². The van der Waals surface area contributed by atoms with Gasteiger partial charge in [0.1, 0.15) is 29.6 Å². The normalized spacial score (nSPS) is 13.6. The molecule has 1 aliphatic carbocycles. The van der Waals surface area contributed by atoms with Crippen LogP contribution in [0.1, 0.15) is 66.8 Å². The number of fused-ring (bicyclic) bond motifs is 1. The summed E-state index contributed by atoms with van der Waals surface area (Å²) in [5, 5.41) is 14.8. The predicted molar refractivity (Wildman–Crippen MR) is 155 cm³/mol. The minimum Gasteiger partial charge on any atom is -0.489 e. The molecule has 0 spiro atoms. The molecule has 1 fully saturated rings. The molecule has 0 saturated heterocycles. The van der Waals surface area contributed by atoms with E-state index in [0.29, 0.717) is 33.1 Å². The van der Waals surface area contributed by atoms with Crippen LogP contribution in [0.3, 0.4) is 0 Å². The van der Waals surface area contributed by atoms with Gasteiger partial charge in [0.2, 0.25) is 0 Å². The van der Waals surface area contributed by atoms with Crippen LogP contribution >= 0.6 is 23.2 Å². The third kappa shape index (κ3) is 4.73. The van der Waals surface area contributed by atoms with E-state index in [1.807, 2.05) is 38.1 Å². The van der Waals surface area contributed by atoms with Crippen molar-refractivity contribution in [2.45, 2.75) is 51.7 Å². The molecule has 204 valence electrons. The Balaban J connectivity index is 1.30. The van der Waals surface area contributed by atoms with Crippen LogP contribution in [0.15, 0.2) is 65.2 Å². The molecule has 2 heterocycles. The van der Waals surface area contributed by atoms with Crippen molar-refractivity contribution in [2.24, 2.45) is 0 Å². The summed E-state index contributed by atoms with van der Waals surface area (Å²) in [6, 6.07) is 18.5. The number of halogens is 2. The van der Waals surface area contributed by atoms with Crippen molar-refractivity contribution >= 4 is 40.2 Å². The highest BCUT2D eigenvalue weighted by Gasteiger charge is 2.26. The zero-order valence-corrected chi connectivity index (χ0v) is 23.5. The Hall–Kier alpha value is -3.81. The van der Waals surface area contributed by atoms with E-state index in [2.05, 4.69) is 9.72 Å². The molecule has 40 heavy (non-hydrogen) atoms. The molecule has 0 bridgehead atoms. The Morgan fingerprint density at radius 1 is 1.10 bits per heavy atom. The molecular formula is C31H27Cl2N3O4. The monoisotopic (exact) mass is 575 g/mol. The van der Waals surface area contributed by atoms with Gasteiger partial charge in [-0.25, -0.2) is 9.78 Å². The molecule has 0 atom stereocenters. The zero-order chi connectivity index (χ0) is 28.0. The fourth-order valence-corrected chi connectivity index (χ4v) is 5.71. The number of carboxylic acids is 1. The van der Waals surface area contributed by atoms with Gasteiger partial charge in [0, 0.05) is 23.1 Å². The molecule has 7 nitrogen and oxygen atoms in total. The topological polar surface area (TPSA) is 90.4 Å². The maximum absolute atomic E-state index is 11.6. The highest BCUT2D eigenvalue weighted by atomic mass is 35.5. The fraction of sp³-hybridized carbons (Fsp3) is 0.258. The number of hydrogen-bond acceptors (Lipinski definition) is 5. The molecule has 1 saturated carbocycles. The largest absolute Gasteiger partial charge is 0.489 e. The molecule has 2 aromatic heterocycles. The van der Waals surface area contributed by atoms with Crippen molar-refractivity contribution in [3.8, 4) is 28.4 Å². The van der Waals surface area contributed by atoms with Gasteiger partial charge in [-0.2, -0.15) is 0 Å². The highest BCUT2D eigenvalue weighted by Crippen LogP contribution is 2.40. The standard InChI is InChI=1S/C31H27Cl2N3O4/c1-17(2)29-22(28(35-40-29)27-23(32)7-4-8-24(27)33)16-39-21-12-9-18(10-13-21)30-34-25-14-11-19(31(37)38)15-26(25)36(30)20-5-3-6-20/h4,7-15,17,20H,3,5-6,16H2,1-2H3,(H,37,38). The molecule has 3 aromatic carbocycles. The average molecular weight is 576 g/mol. The van der Waals surface area contributed by atoms with E-state index in [9.17, 15) is 9.90 Å². The number of hydrogen-bond donors (Lipinski definition) is 1. The Kier molecular flexibility index (Phi) is 7.02. The summed E-state index contributed by atoms with van der Waals surface area (Å²) in [7, 11) is 0. The van der Waals surface area contributed by atoms with Gasteiger partial charge in [-0.1, -0.05) is 48.3 Å². The second kappa shape index (κ2) is 10.6. The molecule has 6 rings (SSSR count). The number of rotatable bonds is 8. The minimum absolute atomic E-state index is 0.0876. The van der Waals surface area contributed by atoms with E-state index in [4.69, 9.17) is 37.4 Å². The number of nitrogens with zero attached hydrogens (tertiary/aromatic N) is 3. The van der Waals surface area contributed by atoms with Gasteiger partial charge in [0.15, 0.2) is 0 Å². The third-order valence-corrected chi connectivity index (χ3v) is 8.04. The number of carboxylic acid groups (broad SMARTS) is 1. The fourth-order valence-electron chi connectivity index (χ4n) is 5.14. The molecule has 0 radical (unpaired) electrons. The first-order valence-corrected chi connectivity index (χ1v) is 14.0. The van der Waals surface area contributed by atoms with Crippen LogP contribution in [0.5, 0.6) is 5.75 Å². The Morgan fingerprint density at radius 2 is 1.82 bits per heavy atom. The maximum atomic E-state index is 11.6. The lowest BCUT2D eigenvalue weighted by Crippen LogP contribution is -2.18. The van der Waals surface area contributed by atoms with Gasteiger partial charge in [-0.05, 0) is 73.9 Å². The van der Waals surface area contributed by atoms with Gasteiger partial charge in [0.05, 0.1) is 32.2 Å². The molecule has 5 aromatic rings. The average Bonchev–Trinajstić information content (AvgIpc) is 3.48. The number of benzene rings is 3. The third-order valence-electron chi connectivity index (χ3n) is 7.41. The van der Waals surface area contributed by atoms with Crippen molar-refractivity contribution in [3.63, 3.8) is 0 Å². The molecular weight excluding hydrogens is 549 g/mol. The molecule has 0 unspecified atom stereocenters. The second-order valence-electron chi connectivity index (χ2n) is 10.3. The van der Waals surface area contributed by atoms with E-state index in [0.717, 1.165) is 53.0 Å². The van der Waals surface area contributed by atoms with Gasteiger partial charge >= 0.3 is 5.97 Å². The summed E-state index contributed by atoms with van der Waals surface area (Å²) < 4.78 is 14.1. The Bertz CT molecular complexity index is 1700. The molecule has 9 heteroatoms. The van der Waals surface area contributed by atoms with Gasteiger partial charge in [-0.3, -0.25) is 0 Å². The lowest BCUT2D eigenvalue weighted by atomic mass is 9.92. The first-order chi connectivity index (χ1) is 19.3.